The minimum Gasteiger partial charge on any atom is -0.484 e. The first-order valence-electron chi connectivity index (χ1n) is 8.43. The Bertz CT molecular complexity index is 901. The Morgan fingerprint density at radius 2 is 1.78 bits per heavy atom. The molecule has 0 aliphatic rings. The predicted octanol–water partition coefficient (Wildman–Crippen LogP) is 2.46. The lowest BCUT2D eigenvalue weighted by molar-refractivity contribution is -0.118. The zero-order valence-electron chi connectivity index (χ0n) is 14.9. The summed E-state index contributed by atoms with van der Waals surface area (Å²) < 4.78 is 31.9. The summed E-state index contributed by atoms with van der Waals surface area (Å²) in [6.45, 7) is 2.05. The smallest absolute Gasteiger partial charge is 0.262 e. The van der Waals surface area contributed by atoms with Crippen molar-refractivity contribution in [2.75, 3.05) is 18.5 Å². The molecule has 0 fully saturated rings. The van der Waals surface area contributed by atoms with Gasteiger partial charge in [0.05, 0.1) is 17.4 Å². The van der Waals surface area contributed by atoms with Crippen LogP contribution in [0.15, 0.2) is 53.4 Å². The van der Waals surface area contributed by atoms with E-state index in [1.807, 2.05) is 6.92 Å². The van der Waals surface area contributed by atoms with Gasteiger partial charge in [0, 0.05) is 12.2 Å². The molecular formula is C19H21N3O4S. The SMILES string of the molecule is CCCNS(=O)(=O)c1ccc(OCC(=O)Nc2ccc(CC#N)cc2)cc1. The van der Waals surface area contributed by atoms with Crippen LogP contribution in [0.2, 0.25) is 0 Å². The van der Waals surface area contributed by atoms with E-state index >= 15 is 0 Å². The third-order valence-corrected chi connectivity index (χ3v) is 5.04. The lowest BCUT2D eigenvalue weighted by Crippen LogP contribution is -2.24. The van der Waals surface area contributed by atoms with Crippen LogP contribution in [0.3, 0.4) is 0 Å². The van der Waals surface area contributed by atoms with Gasteiger partial charge < -0.3 is 10.1 Å². The second kappa shape index (κ2) is 9.71. The minimum absolute atomic E-state index is 0.144. The van der Waals surface area contributed by atoms with Crippen LogP contribution in [0.5, 0.6) is 5.75 Å². The van der Waals surface area contributed by atoms with Crippen molar-refractivity contribution in [2.24, 2.45) is 0 Å². The first-order chi connectivity index (χ1) is 12.9. The fraction of sp³-hybridized carbons (Fsp3) is 0.263. The molecule has 0 heterocycles. The third kappa shape index (κ3) is 6.40. The molecule has 2 aromatic rings. The third-order valence-electron chi connectivity index (χ3n) is 3.57. The molecule has 27 heavy (non-hydrogen) atoms. The summed E-state index contributed by atoms with van der Waals surface area (Å²) >= 11 is 0. The average molecular weight is 387 g/mol. The van der Waals surface area contributed by atoms with Gasteiger partial charge in [-0.15, -0.1) is 0 Å². The first-order valence-corrected chi connectivity index (χ1v) is 9.91. The van der Waals surface area contributed by atoms with E-state index in [1.165, 1.54) is 24.3 Å². The maximum Gasteiger partial charge on any atom is 0.262 e. The van der Waals surface area contributed by atoms with E-state index in [0.29, 0.717) is 30.8 Å². The molecular weight excluding hydrogens is 366 g/mol. The Labute approximate surface area is 159 Å². The number of nitriles is 1. The Balaban J connectivity index is 1.87. The molecule has 0 aromatic heterocycles. The van der Waals surface area contributed by atoms with Crippen molar-refractivity contribution in [3.05, 3.63) is 54.1 Å². The summed E-state index contributed by atoms with van der Waals surface area (Å²) in [5.41, 5.74) is 1.48. The number of nitrogens with one attached hydrogen (secondary N) is 2. The highest BCUT2D eigenvalue weighted by Gasteiger charge is 2.13. The monoisotopic (exact) mass is 387 g/mol. The minimum atomic E-state index is -3.52. The van der Waals surface area contributed by atoms with Crippen LogP contribution in [0.25, 0.3) is 0 Å². The fourth-order valence-corrected chi connectivity index (χ4v) is 3.31. The summed E-state index contributed by atoms with van der Waals surface area (Å²) in [5.74, 6) is 0.0494. The number of hydrogen-bond donors (Lipinski definition) is 2. The van der Waals surface area contributed by atoms with Crippen molar-refractivity contribution >= 4 is 21.6 Å². The zero-order chi connectivity index (χ0) is 19.7. The normalized spacial score (nSPS) is 10.8. The van der Waals surface area contributed by atoms with Gasteiger partial charge in [-0.25, -0.2) is 13.1 Å². The number of benzene rings is 2. The van der Waals surface area contributed by atoms with Crippen molar-refractivity contribution in [1.82, 2.24) is 4.72 Å². The molecule has 0 unspecified atom stereocenters. The number of carbonyl (C=O) groups is 1. The van der Waals surface area contributed by atoms with Crippen molar-refractivity contribution in [2.45, 2.75) is 24.7 Å². The Hall–Kier alpha value is -2.89. The number of ether oxygens (including phenoxy) is 1. The molecule has 0 bridgehead atoms. The second-order valence-electron chi connectivity index (χ2n) is 5.74. The highest BCUT2D eigenvalue weighted by Crippen LogP contribution is 2.16. The molecule has 7 nitrogen and oxygen atoms in total. The van der Waals surface area contributed by atoms with Crippen LogP contribution < -0.4 is 14.8 Å². The van der Waals surface area contributed by atoms with Gasteiger partial charge in [-0.3, -0.25) is 4.79 Å². The molecule has 2 aromatic carbocycles. The lowest BCUT2D eigenvalue weighted by Gasteiger charge is -2.09. The summed E-state index contributed by atoms with van der Waals surface area (Å²) in [5, 5.41) is 11.3. The van der Waals surface area contributed by atoms with Gasteiger partial charge in [0.15, 0.2) is 6.61 Å². The maximum atomic E-state index is 12.0. The molecule has 142 valence electrons. The number of amides is 1. The number of sulfonamides is 1. The fourth-order valence-electron chi connectivity index (χ4n) is 2.18. The van der Waals surface area contributed by atoms with Crippen LogP contribution in [-0.2, 0) is 21.2 Å². The number of carbonyl (C=O) groups excluding carboxylic acids is 1. The van der Waals surface area contributed by atoms with Gasteiger partial charge in [-0.2, -0.15) is 5.26 Å². The van der Waals surface area contributed by atoms with E-state index in [4.69, 9.17) is 10.00 Å². The van der Waals surface area contributed by atoms with E-state index in [1.54, 1.807) is 24.3 Å². The van der Waals surface area contributed by atoms with E-state index in [2.05, 4.69) is 16.1 Å². The first kappa shape index (κ1) is 20.4. The van der Waals surface area contributed by atoms with Crippen LogP contribution in [0.1, 0.15) is 18.9 Å². The molecule has 8 heteroatoms. The number of hydrogen-bond acceptors (Lipinski definition) is 5. The number of rotatable bonds is 9. The molecule has 0 spiro atoms. The van der Waals surface area contributed by atoms with Crippen molar-refractivity contribution in [1.29, 1.82) is 5.26 Å². The van der Waals surface area contributed by atoms with E-state index in [0.717, 1.165) is 5.56 Å². The summed E-state index contributed by atoms with van der Waals surface area (Å²) in [6.07, 6.45) is 1.02. The van der Waals surface area contributed by atoms with Crippen LogP contribution in [-0.4, -0.2) is 27.5 Å². The van der Waals surface area contributed by atoms with Crippen molar-refractivity contribution < 1.29 is 17.9 Å². The van der Waals surface area contributed by atoms with Crippen molar-refractivity contribution in [3.63, 3.8) is 0 Å². The Morgan fingerprint density at radius 3 is 2.37 bits per heavy atom. The molecule has 1 amide bonds. The number of anilines is 1. The van der Waals surface area contributed by atoms with Gasteiger partial charge >= 0.3 is 0 Å². The molecule has 0 saturated carbocycles. The van der Waals surface area contributed by atoms with Gasteiger partial charge in [0.25, 0.3) is 5.91 Å². The molecule has 0 atom stereocenters. The Kier molecular flexibility index (Phi) is 7.34. The van der Waals surface area contributed by atoms with E-state index in [-0.39, 0.29) is 17.4 Å². The van der Waals surface area contributed by atoms with Gasteiger partial charge in [0.1, 0.15) is 5.75 Å². The second-order valence-corrected chi connectivity index (χ2v) is 7.50. The topological polar surface area (TPSA) is 108 Å². The quantitative estimate of drug-likeness (QED) is 0.687. The molecule has 0 aliphatic carbocycles. The standard InChI is InChI=1S/C19H21N3O4S/c1-2-13-21-27(24,25)18-9-7-17(8-10-18)26-14-19(23)22-16-5-3-15(4-6-16)11-12-20/h3-10,21H,2,11,13-14H2,1H3,(H,22,23). The summed E-state index contributed by atoms with van der Waals surface area (Å²) in [6, 6.07) is 14.9. The van der Waals surface area contributed by atoms with Crippen molar-refractivity contribution in [3.8, 4) is 11.8 Å². The number of nitrogens with zero attached hydrogens (tertiary/aromatic N) is 1. The van der Waals surface area contributed by atoms with Crippen LogP contribution >= 0.6 is 0 Å². The molecule has 2 N–H and O–H groups in total. The summed E-state index contributed by atoms with van der Waals surface area (Å²) in [7, 11) is -3.52. The molecule has 2 rings (SSSR count). The Morgan fingerprint density at radius 1 is 1.11 bits per heavy atom. The van der Waals surface area contributed by atoms with Crippen LogP contribution in [0, 0.1) is 11.3 Å². The molecule has 0 saturated heterocycles. The highest BCUT2D eigenvalue weighted by atomic mass is 32.2. The maximum absolute atomic E-state index is 12.0. The largest absolute Gasteiger partial charge is 0.484 e. The molecule has 0 aliphatic heterocycles. The van der Waals surface area contributed by atoms with Gasteiger partial charge in [0.2, 0.25) is 10.0 Å². The van der Waals surface area contributed by atoms with Crippen LogP contribution in [0.4, 0.5) is 5.69 Å². The van der Waals surface area contributed by atoms with Gasteiger partial charge in [-0.1, -0.05) is 19.1 Å². The predicted molar refractivity (Wildman–Crippen MR) is 102 cm³/mol. The lowest BCUT2D eigenvalue weighted by atomic mass is 10.1. The van der Waals surface area contributed by atoms with Gasteiger partial charge in [-0.05, 0) is 48.4 Å². The van der Waals surface area contributed by atoms with E-state index < -0.39 is 10.0 Å². The zero-order valence-corrected chi connectivity index (χ0v) is 15.8. The summed E-state index contributed by atoms with van der Waals surface area (Å²) in [4.78, 5) is 12.1. The average Bonchev–Trinajstić information content (AvgIpc) is 2.67. The highest BCUT2D eigenvalue weighted by molar-refractivity contribution is 7.89. The van der Waals surface area contributed by atoms with E-state index in [9.17, 15) is 13.2 Å². The molecule has 0 radical (unpaired) electrons.